The molecule has 0 saturated carbocycles. The molecule has 198 valence electrons. The van der Waals surface area contributed by atoms with Crippen LogP contribution in [-0.4, -0.2) is 75.9 Å². The molecule has 2 aromatic rings. The molecule has 0 radical (unpaired) electrons. The molecule has 37 heavy (non-hydrogen) atoms. The van der Waals surface area contributed by atoms with E-state index in [9.17, 15) is 14.7 Å². The van der Waals surface area contributed by atoms with E-state index in [4.69, 9.17) is 18.9 Å². The van der Waals surface area contributed by atoms with E-state index >= 15 is 0 Å². The fraction of sp³-hybridized carbons (Fsp3) is 0.429. The summed E-state index contributed by atoms with van der Waals surface area (Å²) in [5.74, 6) is 0.334. The minimum atomic E-state index is -0.826. The number of carbonyl (C=O) groups is 2. The van der Waals surface area contributed by atoms with Crippen molar-refractivity contribution in [2.24, 2.45) is 5.92 Å². The second kappa shape index (κ2) is 11.1. The van der Waals surface area contributed by atoms with E-state index in [-0.39, 0.29) is 30.4 Å². The lowest BCUT2D eigenvalue weighted by Gasteiger charge is -2.28. The first kappa shape index (κ1) is 26.3. The van der Waals surface area contributed by atoms with Gasteiger partial charge in [0.1, 0.15) is 18.1 Å². The number of benzene rings is 2. The predicted octanol–water partition coefficient (Wildman–Crippen LogP) is 3.63. The third-order valence-corrected chi connectivity index (χ3v) is 6.48. The molecule has 0 aromatic heterocycles. The monoisotopic (exact) mass is 510 g/mol. The van der Waals surface area contributed by atoms with Gasteiger partial charge in [0, 0.05) is 26.3 Å². The van der Waals surface area contributed by atoms with Crippen molar-refractivity contribution in [2.75, 3.05) is 59.1 Å². The van der Waals surface area contributed by atoms with Crippen molar-refractivity contribution in [1.82, 2.24) is 4.90 Å². The molecule has 1 N–H and O–H groups in total. The number of hydrogen-bond donors (Lipinski definition) is 1. The van der Waals surface area contributed by atoms with Crippen LogP contribution in [0.5, 0.6) is 17.2 Å². The second-order valence-electron chi connectivity index (χ2n) is 9.55. The van der Waals surface area contributed by atoms with E-state index in [1.54, 1.807) is 43.5 Å². The Morgan fingerprint density at radius 1 is 1.14 bits per heavy atom. The van der Waals surface area contributed by atoms with Gasteiger partial charge in [-0.15, -0.1) is 0 Å². The minimum Gasteiger partial charge on any atom is -0.507 e. The molecule has 2 aliphatic heterocycles. The van der Waals surface area contributed by atoms with Crippen LogP contribution in [0.25, 0.3) is 5.76 Å². The Morgan fingerprint density at radius 2 is 1.92 bits per heavy atom. The summed E-state index contributed by atoms with van der Waals surface area (Å²) in [7, 11) is 5.02. The summed E-state index contributed by atoms with van der Waals surface area (Å²) in [5, 5.41) is 11.5. The largest absolute Gasteiger partial charge is 0.507 e. The highest BCUT2D eigenvalue weighted by molar-refractivity contribution is 6.46. The average molecular weight is 511 g/mol. The quantitative estimate of drug-likeness (QED) is 0.310. The van der Waals surface area contributed by atoms with Crippen LogP contribution < -0.4 is 19.1 Å². The second-order valence-corrected chi connectivity index (χ2v) is 9.55. The number of likely N-dealkylation sites (tertiary alicyclic amines) is 1. The molecule has 1 atom stereocenters. The van der Waals surface area contributed by atoms with Gasteiger partial charge in [-0.1, -0.05) is 19.9 Å². The number of hydrogen-bond acceptors (Lipinski definition) is 8. The van der Waals surface area contributed by atoms with Crippen molar-refractivity contribution < 1.29 is 33.6 Å². The first-order chi connectivity index (χ1) is 17.8. The number of rotatable bonds is 9. The van der Waals surface area contributed by atoms with Gasteiger partial charge in [-0.25, -0.2) is 0 Å². The Morgan fingerprint density at radius 3 is 2.62 bits per heavy atom. The Hall–Kier alpha value is -3.72. The number of ether oxygens (including phenoxy) is 4. The van der Waals surface area contributed by atoms with Crippen molar-refractivity contribution in [1.29, 1.82) is 0 Å². The molecule has 0 bridgehead atoms. The lowest BCUT2D eigenvalue weighted by molar-refractivity contribution is -0.140. The number of aliphatic hydroxyl groups is 1. The van der Waals surface area contributed by atoms with Gasteiger partial charge in [0.2, 0.25) is 0 Å². The molecular formula is C28H34N2O7. The first-order valence-electron chi connectivity index (χ1n) is 12.3. The van der Waals surface area contributed by atoms with Crippen molar-refractivity contribution in [3.05, 3.63) is 53.1 Å². The predicted molar refractivity (Wildman–Crippen MR) is 139 cm³/mol. The molecule has 1 unspecified atom stereocenters. The number of nitrogens with zero attached hydrogens (tertiary/aromatic N) is 2. The third-order valence-electron chi connectivity index (χ3n) is 6.48. The van der Waals surface area contributed by atoms with Crippen LogP contribution in [0.4, 0.5) is 5.69 Å². The molecule has 1 fully saturated rings. The number of methoxy groups -OCH3 is 2. The summed E-state index contributed by atoms with van der Waals surface area (Å²) in [5.41, 5.74) is 1.86. The van der Waals surface area contributed by atoms with Crippen LogP contribution in [0.3, 0.4) is 0 Å². The summed E-state index contributed by atoms with van der Waals surface area (Å²) >= 11 is 0. The summed E-state index contributed by atoms with van der Waals surface area (Å²) < 4.78 is 22.4. The minimum absolute atomic E-state index is 0.0143. The van der Waals surface area contributed by atoms with Gasteiger partial charge in [0.15, 0.2) is 11.5 Å². The van der Waals surface area contributed by atoms with Gasteiger partial charge in [0.25, 0.3) is 11.7 Å². The normalized spacial score (nSPS) is 18.7. The standard InChI is InChI=1S/C28H34N2O7/c1-17(2)16-37-23-15-18(6-9-22(23)35-5)25-24(27(32)28(33)30(25)11-12-34-4)26(31)19-7-8-21-20(14-19)29(3)10-13-36-21/h6-9,14-15,17,25,31H,10-13,16H2,1-5H3/b26-24+. The first-order valence-corrected chi connectivity index (χ1v) is 12.3. The molecule has 4 rings (SSSR count). The van der Waals surface area contributed by atoms with Gasteiger partial charge >= 0.3 is 0 Å². The van der Waals surface area contributed by atoms with E-state index in [1.807, 2.05) is 25.8 Å². The molecule has 9 nitrogen and oxygen atoms in total. The molecule has 1 amide bonds. The average Bonchev–Trinajstić information content (AvgIpc) is 3.15. The van der Waals surface area contributed by atoms with E-state index in [0.29, 0.717) is 48.1 Å². The van der Waals surface area contributed by atoms with Crippen LogP contribution >= 0.6 is 0 Å². The Balaban J connectivity index is 1.84. The highest BCUT2D eigenvalue weighted by Crippen LogP contribution is 2.43. The molecule has 0 spiro atoms. The Labute approximate surface area is 217 Å². The number of anilines is 1. The van der Waals surface area contributed by atoms with Crippen LogP contribution in [0.1, 0.15) is 31.0 Å². The lowest BCUT2D eigenvalue weighted by Crippen LogP contribution is -2.32. The summed E-state index contributed by atoms with van der Waals surface area (Å²) in [6.07, 6.45) is 0. The van der Waals surface area contributed by atoms with Crippen molar-refractivity contribution in [3.63, 3.8) is 0 Å². The maximum atomic E-state index is 13.3. The van der Waals surface area contributed by atoms with E-state index < -0.39 is 17.7 Å². The maximum Gasteiger partial charge on any atom is 0.295 e. The Bertz CT molecular complexity index is 1210. The Kier molecular flexibility index (Phi) is 7.92. The summed E-state index contributed by atoms with van der Waals surface area (Å²) in [6.45, 7) is 6.22. The van der Waals surface area contributed by atoms with Crippen LogP contribution in [-0.2, 0) is 14.3 Å². The number of aliphatic hydroxyl groups excluding tert-OH is 1. The fourth-order valence-corrected chi connectivity index (χ4v) is 4.53. The molecule has 2 aliphatic rings. The van der Waals surface area contributed by atoms with E-state index in [0.717, 1.165) is 5.69 Å². The number of Topliss-reactive ketones (excluding diaryl/α,β-unsaturated/α-hetero) is 1. The number of amides is 1. The number of carbonyl (C=O) groups excluding carboxylic acids is 2. The zero-order chi connectivity index (χ0) is 26.7. The molecule has 1 saturated heterocycles. The molecule has 2 aromatic carbocycles. The highest BCUT2D eigenvalue weighted by atomic mass is 16.5. The molecule has 0 aliphatic carbocycles. The number of fused-ring (bicyclic) bond motifs is 1. The van der Waals surface area contributed by atoms with E-state index in [2.05, 4.69) is 0 Å². The highest BCUT2D eigenvalue weighted by Gasteiger charge is 2.46. The van der Waals surface area contributed by atoms with Crippen molar-refractivity contribution >= 4 is 23.1 Å². The maximum absolute atomic E-state index is 13.3. The molecule has 2 heterocycles. The van der Waals surface area contributed by atoms with Gasteiger partial charge < -0.3 is 33.9 Å². The van der Waals surface area contributed by atoms with Gasteiger partial charge in [-0.3, -0.25) is 9.59 Å². The van der Waals surface area contributed by atoms with Gasteiger partial charge in [0.05, 0.1) is 44.2 Å². The van der Waals surface area contributed by atoms with Crippen molar-refractivity contribution in [2.45, 2.75) is 19.9 Å². The SMILES string of the molecule is COCCN1C(=O)C(=O)/C(=C(/O)c2ccc3c(c2)N(C)CCO3)C1c1ccc(OC)c(OCC(C)C)c1. The summed E-state index contributed by atoms with van der Waals surface area (Å²) in [6, 6.07) is 9.69. The smallest absolute Gasteiger partial charge is 0.295 e. The number of ketones is 1. The van der Waals surface area contributed by atoms with E-state index in [1.165, 1.54) is 12.0 Å². The van der Waals surface area contributed by atoms with Crippen LogP contribution in [0.2, 0.25) is 0 Å². The number of likely N-dealkylation sites (N-methyl/N-ethyl adjacent to an activating group) is 1. The van der Waals surface area contributed by atoms with Crippen LogP contribution in [0.15, 0.2) is 42.0 Å². The molecule has 9 heteroatoms. The van der Waals surface area contributed by atoms with Crippen molar-refractivity contribution in [3.8, 4) is 17.2 Å². The third kappa shape index (κ3) is 5.22. The van der Waals surface area contributed by atoms with Gasteiger partial charge in [-0.05, 0) is 41.8 Å². The topological polar surface area (TPSA) is 97.8 Å². The van der Waals surface area contributed by atoms with Crippen LogP contribution in [0, 0.1) is 5.92 Å². The lowest BCUT2D eigenvalue weighted by atomic mass is 9.94. The summed E-state index contributed by atoms with van der Waals surface area (Å²) in [4.78, 5) is 29.9. The zero-order valence-corrected chi connectivity index (χ0v) is 21.9. The molecular weight excluding hydrogens is 476 g/mol. The van der Waals surface area contributed by atoms with Gasteiger partial charge in [-0.2, -0.15) is 0 Å². The fourth-order valence-electron chi connectivity index (χ4n) is 4.53. The zero-order valence-electron chi connectivity index (χ0n) is 21.9.